The first kappa shape index (κ1) is 16.2. The first-order valence-electron chi connectivity index (χ1n) is 9.06. The molecular formula is C18H26N4OS. The third kappa shape index (κ3) is 3.41. The minimum Gasteiger partial charge on any atom is -0.372 e. The van der Waals surface area contributed by atoms with Gasteiger partial charge in [0.25, 0.3) is 0 Å². The van der Waals surface area contributed by atoms with Crippen molar-refractivity contribution in [1.82, 2.24) is 20.1 Å². The summed E-state index contributed by atoms with van der Waals surface area (Å²) in [6.07, 6.45) is 10.6. The number of aromatic nitrogens is 3. The summed E-state index contributed by atoms with van der Waals surface area (Å²) in [7, 11) is 1.99. The fraction of sp³-hybridized carbons (Fsp3) is 0.667. The molecule has 1 N–H and O–H groups in total. The maximum absolute atomic E-state index is 5.95. The van der Waals surface area contributed by atoms with E-state index in [2.05, 4.69) is 27.7 Å². The summed E-state index contributed by atoms with van der Waals surface area (Å²) in [5.74, 6) is 1.24. The van der Waals surface area contributed by atoms with Crippen LogP contribution in [0.3, 0.4) is 0 Å². The van der Waals surface area contributed by atoms with E-state index in [9.17, 15) is 0 Å². The molecule has 2 aromatic heterocycles. The van der Waals surface area contributed by atoms with E-state index < -0.39 is 0 Å². The number of nitrogens with one attached hydrogen (secondary N) is 1. The van der Waals surface area contributed by atoms with Gasteiger partial charge in [-0.3, -0.25) is 4.68 Å². The lowest BCUT2D eigenvalue weighted by molar-refractivity contribution is 0.0838. The molecule has 0 spiro atoms. The molecular weight excluding hydrogens is 320 g/mol. The highest BCUT2D eigenvalue weighted by atomic mass is 32.1. The van der Waals surface area contributed by atoms with E-state index in [1.165, 1.54) is 41.3 Å². The number of nitrogens with zero attached hydrogens (tertiary/aromatic N) is 3. The van der Waals surface area contributed by atoms with Gasteiger partial charge in [-0.25, -0.2) is 4.98 Å². The van der Waals surface area contributed by atoms with Crippen LogP contribution in [-0.2, 0) is 18.3 Å². The lowest BCUT2D eigenvalue weighted by atomic mass is 9.99. The monoisotopic (exact) mass is 346 g/mol. The number of thiazole rings is 1. The van der Waals surface area contributed by atoms with Gasteiger partial charge in [0.05, 0.1) is 10.7 Å². The summed E-state index contributed by atoms with van der Waals surface area (Å²) in [5, 5.41) is 9.24. The van der Waals surface area contributed by atoms with Crippen molar-refractivity contribution in [1.29, 1.82) is 0 Å². The molecule has 1 saturated heterocycles. The summed E-state index contributed by atoms with van der Waals surface area (Å²) in [6.45, 7) is 2.74. The van der Waals surface area contributed by atoms with Gasteiger partial charge >= 0.3 is 0 Å². The topological polar surface area (TPSA) is 52.0 Å². The van der Waals surface area contributed by atoms with Crippen LogP contribution < -0.4 is 5.32 Å². The fourth-order valence-electron chi connectivity index (χ4n) is 3.98. The van der Waals surface area contributed by atoms with Crippen molar-refractivity contribution in [3.8, 4) is 0 Å². The normalized spacial score (nSPS) is 24.9. The van der Waals surface area contributed by atoms with Crippen LogP contribution in [0.1, 0.15) is 59.7 Å². The Hall–Kier alpha value is -1.24. The smallest absolute Gasteiger partial charge is 0.103 e. The van der Waals surface area contributed by atoms with E-state index in [-0.39, 0.29) is 6.10 Å². The molecule has 2 aliphatic rings. The minimum absolute atomic E-state index is 0.167. The molecule has 0 bridgehead atoms. The second-order valence-electron chi connectivity index (χ2n) is 7.00. The second kappa shape index (κ2) is 7.33. The maximum Gasteiger partial charge on any atom is 0.103 e. The molecule has 0 radical (unpaired) electrons. The molecule has 4 rings (SSSR count). The highest BCUT2D eigenvalue weighted by Crippen LogP contribution is 2.36. The van der Waals surface area contributed by atoms with Gasteiger partial charge in [-0.1, -0.05) is 12.8 Å². The zero-order valence-corrected chi connectivity index (χ0v) is 15.1. The minimum atomic E-state index is 0.167. The zero-order chi connectivity index (χ0) is 16.4. The van der Waals surface area contributed by atoms with Crippen LogP contribution in [0.5, 0.6) is 0 Å². The first-order valence-corrected chi connectivity index (χ1v) is 9.87. The van der Waals surface area contributed by atoms with Gasteiger partial charge in [0, 0.05) is 55.9 Å². The summed E-state index contributed by atoms with van der Waals surface area (Å²) >= 11 is 1.89. The Balaban J connectivity index is 1.30. The van der Waals surface area contributed by atoms with E-state index >= 15 is 0 Å². The molecule has 0 amide bonds. The molecule has 24 heavy (non-hydrogen) atoms. The highest BCUT2D eigenvalue weighted by Gasteiger charge is 2.31. The van der Waals surface area contributed by atoms with Gasteiger partial charge in [0.15, 0.2) is 0 Å². The maximum atomic E-state index is 5.95. The van der Waals surface area contributed by atoms with Gasteiger partial charge in [-0.05, 0) is 25.3 Å². The Bertz CT molecular complexity index is 662. The van der Waals surface area contributed by atoms with Gasteiger partial charge in [0.1, 0.15) is 6.10 Å². The number of hydrogen-bond acceptors (Lipinski definition) is 5. The third-order valence-electron chi connectivity index (χ3n) is 5.35. The van der Waals surface area contributed by atoms with Gasteiger partial charge in [-0.15, -0.1) is 11.3 Å². The molecule has 6 heteroatoms. The van der Waals surface area contributed by atoms with Crippen molar-refractivity contribution in [2.45, 2.75) is 50.7 Å². The molecule has 2 fully saturated rings. The first-order chi connectivity index (χ1) is 11.8. The van der Waals surface area contributed by atoms with Crippen molar-refractivity contribution >= 4 is 11.3 Å². The van der Waals surface area contributed by atoms with E-state index in [0.29, 0.717) is 5.92 Å². The average Bonchev–Trinajstić information content (AvgIpc) is 3.35. The number of hydrogen-bond donors (Lipinski definition) is 1. The van der Waals surface area contributed by atoms with Gasteiger partial charge in [0.2, 0.25) is 0 Å². The number of rotatable bonds is 6. The zero-order valence-electron chi connectivity index (χ0n) is 14.3. The van der Waals surface area contributed by atoms with Crippen LogP contribution in [0.4, 0.5) is 0 Å². The Kier molecular flexibility index (Phi) is 4.96. The van der Waals surface area contributed by atoms with Gasteiger partial charge < -0.3 is 10.1 Å². The van der Waals surface area contributed by atoms with E-state index in [1.807, 2.05) is 29.3 Å². The van der Waals surface area contributed by atoms with E-state index in [1.54, 1.807) is 0 Å². The summed E-state index contributed by atoms with van der Waals surface area (Å²) in [6, 6.07) is 2.07. The third-order valence-corrected chi connectivity index (χ3v) is 6.51. The fourth-order valence-corrected chi connectivity index (χ4v) is 5.04. The molecule has 1 saturated carbocycles. The van der Waals surface area contributed by atoms with Crippen molar-refractivity contribution in [3.05, 3.63) is 34.0 Å². The van der Waals surface area contributed by atoms with E-state index in [0.717, 1.165) is 32.0 Å². The molecule has 2 atom stereocenters. The molecule has 0 aromatic carbocycles. The van der Waals surface area contributed by atoms with Crippen molar-refractivity contribution < 1.29 is 4.74 Å². The largest absolute Gasteiger partial charge is 0.372 e. The predicted octanol–water partition coefficient (Wildman–Crippen LogP) is 3.40. The molecule has 1 aliphatic carbocycles. The lowest BCUT2D eigenvalue weighted by Gasteiger charge is -2.19. The Morgan fingerprint density at radius 3 is 3.00 bits per heavy atom. The van der Waals surface area contributed by atoms with Crippen LogP contribution in [0.25, 0.3) is 0 Å². The van der Waals surface area contributed by atoms with Crippen molar-refractivity contribution in [3.63, 3.8) is 0 Å². The summed E-state index contributed by atoms with van der Waals surface area (Å²) in [4.78, 5) is 6.01. The molecule has 5 nitrogen and oxygen atoms in total. The molecule has 1 aliphatic heterocycles. The quantitative estimate of drug-likeness (QED) is 0.871. The Labute approximate surface area is 147 Å². The standard InChI is InChI=1S/C18H26N4OS/c1-22-16(6-8-21-22)17-14(7-9-23-17)10-19-11-15-12-20-18(24-15)13-4-2-3-5-13/h6,8,12-14,17,19H,2-5,7,9-11H2,1H3/t14-,17+/m0/s1. The van der Waals surface area contributed by atoms with Crippen LogP contribution in [-0.4, -0.2) is 27.9 Å². The van der Waals surface area contributed by atoms with Crippen LogP contribution in [0, 0.1) is 5.92 Å². The highest BCUT2D eigenvalue weighted by molar-refractivity contribution is 7.11. The van der Waals surface area contributed by atoms with E-state index in [4.69, 9.17) is 4.74 Å². The second-order valence-corrected chi connectivity index (χ2v) is 8.14. The number of ether oxygens (including phenoxy) is 1. The van der Waals surface area contributed by atoms with Crippen molar-refractivity contribution in [2.24, 2.45) is 13.0 Å². The number of aryl methyl sites for hydroxylation is 1. The lowest BCUT2D eigenvalue weighted by Crippen LogP contribution is -2.25. The van der Waals surface area contributed by atoms with Crippen molar-refractivity contribution in [2.75, 3.05) is 13.2 Å². The Morgan fingerprint density at radius 2 is 2.21 bits per heavy atom. The van der Waals surface area contributed by atoms with Crippen LogP contribution >= 0.6 is 11.3 Å². The van der Waals surface area contributed by atoms with Gasteiger partial charge in [-0.2, -0.15) is 5.10 Å². The van der Waals surface area contributed by atoms with Crippen LogP contribution in [0.2, 0.25) is 0 Å². The molecule has 3 heterocycles. The average molecular weight is 347 g/mol. The molecule has 2 aromatic rings. The predicted molar refractivity (Wildman–Crippen MR) is 95.0 cm³/mol. The van der Waals surface area contributed by atoms with Crippen LogP contribution in [0.15, 0.2) is 18.5 Å². The SMILES string of the molecule is Cn1nccc1[C@@H]1OCC[C@H]1CNCc1cnc(C2CCCC2)s1. The summed E-state index contributed by atoms with van der Waals surface area (Å²) < 4.78 is 7.89. The molecule has 0 unspecified atom stereocenters. The molecule has 130 valence electrons. The Morgan fingerprint density at radius 1 is 1.33 bits per heavy atom. The summed E-state index contributed by atoms with van der Waals surface area (Å²) in [5.41, 5.74) is 1.18.